The van der Waals surface area contributed by atoms with E-state index < -0.39 is 5.56 Å². The number of fused-ring (bicyclic) bond motifs is 1. The minimum Gasteiger partial charge on any atom is -0.447 e. The molecule has 0 aliphatic carbocycles. The van der Waals surface area contributed by atoms with E-state index in [1.165, 1.54) is 12.5 Å². The van der Waals surface area contributed by atoms with Crippen LogP contribution in [0.1, 0.15) is 37.8 Å². The average molecular weight is 387 g/mol. The first kappa shape index (κ1) is 18.7. The summed E-state index contributed by atoms with van der Waals surface area (Å²) in [5, 5.41) is 2.39. The summed E-state index contributed by atoms with van der Waals surface area (Å²) < 4.78 is 5.46. The van der Waals surface area contributed by atoms with Gasteiger partial charge in [-0.3, -0.25) is 9.59 Å². The normalized spacial score (nSPS) is 13.3. The molecule has 4 rings (SSSR count). The molecule has 0 saturated heterocycles. The van der Waals surface area contributed by atoms with E-state index in [0.717, 1.165) is 16.3 Å². The average Bonchev–Trinajstić information content (AvgIpc) is 3.15. The second-order valence-corrected chi connectivity index (χ2v) is 7.91. The van der Waals surface area contributed by atoms with Crippen LogP contribution in [0, 0.1) is 0 Å². The molecule has 2 aromatic carbocycles. The summed E-state index contributed by atoms with van der Waals surface area (Å²) >= 11 is 0. The molecule has 0 amide bonds. The third-order valence-corrected chi connectivity index (χ3v) is 4.67. The molecule has 2 heterocycles. The highest BCUT2D eigenvalue weighted by Crippen LogP contribution is 2.25. The highest BCUT2D eigenvalue weighted by atomic mass is 16.3. The second kappa shape index (κ2) is 7.05. The Bertz CT molecular complexity index is 1430. The summed E-state index contributed by atoms with van der Waals surface area (Å²) in [6.07, 6.45) is 4.55. The zero-order chi connectivity index (χ0) is 20.6. The van der Waals surface area contributed by atoms with Crippen LogP contribution in [0.3, 0.4) is 0 Å². The summed E-state index contributed by atoms with van der Waals surface area (Å²) in [5.41, 5.74) is 0.303. The molecule has 0 aliphatic heterocycles. The molecule has 0 atom stereocenters. The fraction of sp³-hybridized carbons (Fsp3) is 0.174. The van der Waals surface area contributed by atoms with Crippen LogP contribution in [0.15, 0.2) is 62.9 Å². The molecule has 2 aromatic heterocycles. The van der Waals surface area contributed by atoms with E-state index in [9.17, 15) is 9.59 Å². The number of rotatable bonds is 2. The Kier molecular flexibility index (Phi) is 4.54. The van der Waals surface area contributed by atoms with Crippen molar-refractivity contribution in [2.24, 2.45) is 0 Å². The largest absolute Gasteiger partial charge is 0.447 e. The minimum absolute atomic E-state index is 0.129. The maximum atomic E-state index is 12.6. The lowest BCUT2D eigenvalue weighted by Gasteiger charge is -2.14. The molecule has 4 aromatic rings. The Labute approximate surface area is 166 Å². The lowest BCUT2D eigenvalue weighted by atomic mass is 9.92. The number of H-pyrrole nitrogens is 2. The lowest BCUT2D eigenvalue weighted by Crippen LogP contribution is -2.46. The minimum atomic E-state index is -0.404. The number of aromatic amines is 2. The van der Waals surface area contributed by atoms with Crippen molar-refractivity contribution < 1.29 is 4.42 Å². The third-order valence-electron chi connectivity index (χ3n) is 4.67. The van der Waals surface area contributed by atoms with Gasteiger partial charge in [0.15, 0.2) is 6.39 Å². The van der Waals surface area contributed by atoms with E-state index in [4.69, 9.17) is 4.42 Å². The molecule has 146 valence electrons. The third kappa shape index (κ3) is 3.69. The first-order chi connectivity index (χ1) is 13.8. The van der Waals surface area contributed by atoms with Crippen LogP contribution < -0.4 is 21.8 Å². The number of nitrogens with zero attached hydrogens (tertiary/aromatic N) is 1. The smallest absolute Gasteiger partial charge is 0.272 e. The van der Waals surface area contributed by atoms with E-state index in [1.54, 1.807) is 6.08 Å². The Morgan fingerprint density at radius 2 is 1.55 bits per heavy atom. The lowest BCUT2D eigenvalue weighted by molar-refractivity contribution is 0.407. The van der Waals surface area contributed by atoms with Crippen molar-refractivity contribution in [2.75, 3.05) is 0 Å². The number of nitrogens with one attached hydrogen (secondary N) is 2. The van der Waals surface area contributed by atoms with Gasteiger partial charge >= 0.3 is 0 Å². The SMILES string of the molecule is CC(C)(C)c1ocnc1/C=c1\[nH]c(=O)/c(=C/c2cccc3ccccc23)[nH]c1=O. The van der Waals surface area contributed by atoms with Crippen molar-refractivity contribution in [1.82, 2.24) is 15.0 Å². The van der Waals surface area contributed by atoms with Crippen LogP contribution in [0.4, 0.5) is 0 Å². The second-order valence-electron chi connectivity index (χ2n) is 7.91. The summed E-state index contributed by atoms with van der Waals surface area (Å²) in [4.78, 5) is 34.7. The van der Waals surface area contributed by atoms with Crippen molar-refractivity contribution in [1.29, 1.82) is 0 Å². The number of oxazole rings is 1. The molecule has 6 nitrogen and oxygen atoms in total. The van der Waals surface area contributed by atoms with Crippen molar-refractivity contribution in [3.63, 3.8) is 0 Å². The van der Waals surface area contributed by atoms with Crippen LogP contribution in [0.2, 0.25) is 0 Å². The Morgan fingerprint density at radius 3 is 2.28 bits per heavy atom. The first-order valence-corrected chi connectivity index (χ1v) is 9.31. The zero-order valence-electron chi connectivity index (χ0n) is 16.4. The van der Waals surface area contributed by atoms with Gasteiger partial charge in [0.25, 0.3) is 11.1 Å². The fourth-order valence-corrected chi connectivity index (χ4v) is 3.28. The van der Waals surface area contributed by atoms with E-state index in [2.05, 4.69) is 15.0 Å². The van der Waals surface area contributed by atoms with E-state index >= 15 is 0 Å². The molecular formula is C23H21N3O3. The van der Waals surface area contributed by atoms with Gasteiger partial charge in [-0.15, -0.1) is 0 Å². The number of hydrogen-bond donors (Lipinski definition) is 2. The van der Waals surface area contributed by atoms with Crippen molar-refractivity contribution in [2.45, 2.75) is 26.2 Å². The van der Waals surface area contributed by atoms with Crippen LogP contribution in [-0.4, -0.2) is 15.0 Å². The molecule has 0 spiro atoms. The van der Waals surface area contributed by atoms with E-state index in [-0.39, 0.29) is 21.7 Å². The van der Waals surface area contributed by atoms with E-state index in [1.807, 2.05) is 63.2 Å². The Hall–Kier alpha value is -3.67. The standard InChI is InChI=1S/C23H21N3O3/c1-23(2,3)20-17(24-13-29-20)12-19-22(28)25-18(21(27)26-19)11-15-9-6-8-14-7-4-5-10-16(14)15/h4-13H,1-3H3,(H,25,28)(H,26,27)/b18-11-,19-12-. The van der Waals surface area contributed by atoms with Crippen molar-refractivity contribution in [3.8, 4) is 0 Å². The summed E-state index contributed by atoms with van der Waals surface area (Å²) in [5.74, 6) is 0.643. The highest BCUT2D eigenvalue weighted by molar-refractivity contribution is 5.90. The maximum Gasteiger partial charge on any atom is 0.272 e. The van der Waals surface area contributed by atoms with Gasteiger partial charge in [-0.2, -0.15) is 0 Å². The molecule has 2 N–H and O–H groups in total. The summed E-state index contributed by atoms with van der Waals surface area (Å²) in [6, 6.07) is 13.7. The summed E-state index contributed by atoms with van der Waals surface area (Å²) in [6.45, 7) is 5.96. The van der Waals surface area contributed by atoms with Gasteiger partial charge in [-0.25, -0.2) is 4.98 Å². The highest BCUT2D eigenvalue weighted by Gasteiger charge is 2.21. The van der Waals surface area contributed by atoms with Crippen LogP contribution in [0.5, 0.6) is 0 Å². The molecular weight excluding hydrogens is 366 g/mol. The quantitative estimate of drug-likeness (QED) is 0.551. The number of aromatic nitrogens is 3. The van der Waals surface area contributed by atoms with Gasteiger partial charge in [0, 0.05) is 5.41 Å². The molecule has 29 heavy (non-hydrogen) atoms. The summed E-state index contributed by atoms with van der Waals surface area (Å²) in [7, 11) is 0. The molecule has 0 saturated carbocycles. The topological polar surface area (TPSA) is 91.8 Å². The molecule has 0 bridgehead atoms. The molecule has 0 aliphatic rings. The van der Waals surface area contributed by atoms with Crippen molar-refractivity contribution >= 4 is 22.9 Å². The Morgan fingerprint density at radius 1 is 0.897 bits per heavy atom. The van der Waals surface area contributed by atoms with Gasteiger partial charge in [-0.05, 0) is 28.5 Å². The number of hydrogen-bond acceptors (Lipinski definition) is 4. The van der Waals surface area contributed by atoms with Crippen LogP contribution in [0.25, 0.3) is 22.9 Å². The Balaban J connectivity index is 1.87. The van der Waals surface area contributed by atoms with Crippen LogP contribution in [-0.2, 0) is 5.41 Å². The number of benzene rings is 2. The molecule has 0 fully saturated rings. The van der Waals surface area contributed by atoms with Gasteiger partial charge in [0.05, 0.1) is 0 Å². The molecule has 0 unspecified atom stereocenters. The van der Waals surface area contributed by atoms with Gasteiger partial charge < -0.3 is 14.4 Å². The van der Waals surface area contributed by atoms with E-state index in [0.29, 0.717) is 11.5 Å². The monoisotopic (exact) mass is 387 g/mol. The maximum absolute atomic E-state index is 12.6. The van der Waals surface area contributed by atoms with Crippen LogP contribution >= 0.6 is 0 Å². The van der Waals surface area contributed by atoms with Crippen molar-refractivity contribution in [3.05, 3.63) is 97.3 Å². The zero-order valence-corrected chi connectivity index (χ0v) is 16.4. The molecule has 6 heteroatoms. The molecule has 0 radical (unpaired) electrons. The first-order valence-electron chi connectivity index (χ1n) is 9.31. The van der Waals surface area contributed by atoms with Gasteiger partial charge in [0.1, 0.15) is 22.2 Å². The fourth-order valence-electron chi connectivity index (χ4n) is 3.28. The van der Waals surface area contributed by atoms with Gasteiger partial charge in [0.2, 0.25) is 0 Å². The predicted molar refractivity (Wildman–Crippen MR) is 113 cm³/mol. The predicted octanol–water partition coefficient (Wildman–Crippen LogP) is 2.16. The van der Waals surface area contributed by atoms with Gasteiger partial charge in [-0.1, -0.05) is 63.2 Å².